The zero-order valence-corrected chi connectivity index (χ0v) is 10.4. The highest BCUT2D eigenvalue weighted by Crippen LogP contribution is 2.24. The molecule has 0 aromatic heterocycles. The van der Waals surface area contributed by atoms with E-state index in [1.807, 2.05) is 24.3 Å². The van der Waals surface area contributed by atoms with E-state index in [4.69, 9.17) is 9.99 Å². The molecule has 0 fully saturated rings. The van der Waals surface area contributed by atoms with Gasteiger partial charge in [-0.1, -0.05) is 25.1 Å². The third-order valence-corrected chi connectivity index (χ3v) is 2.54. The number of benzene rings is 1. The molecule has 0 saturated carbocycles. The molecule has 0 heterocycles. The molecule has 4 nitrogen and oxygen atoms in total. The average Bonchev–Trinajstić information content (AvgIpc) is 2.36. The number of esters is 1. The number of hydrogen-bond donors (Lipinski definition) is 1. The van der Waals surface area contributed by atoms with Crippen LogP contribution >= 0.6 is 0 Å². The van der Waals surface area contributed by atoms with Crippen molar-refractivity contribution >= 4 is 5.97 Å². The molecule has 0 unspecified atom stereocenters. The van der Waals surface area contributed by atoms with Crippen LogP contribution < -0.4 is 0 Å². The molecule has 0 saturated heterocycles. The van der Waals surface area contributed by atoms with E-state index in [1.54, 1.807) is 20.8 Å². The van der Waals surface area contributed by atoms with Crippen molar-refractivity contribution in [1.82, 2.24) is 0 Å². The molecule has 1 aromatic carbocycles. The molecule has 1 rings (SSSR count). The fourth-order valence-corrected chi connectivity index (χ4v) is 1.35. The van der Waals surface area contributed by atoms with Crippen molar-refractivity contribution in [3.05, 3.63) is 35.4 Å². The van der Waals surface area contributed by atoms with E-state index in [9.17, 15) is 4.79 Å². The van der Waals surface area contributed by atoms with Gasteiger partial charge in [0.25, 0.3) is 0 Å². The lowest BCUT2D eigenvalue weighted by Crippen LogP contribution is -2.19. The van der Waals surface area contributed by atoms with Crippen molar-refractivity contribution in [2.45, 2.75) is 39.4 Å². The van der Waals surface area contributed by atoms with Crippen LogP contribution in [0.1, 0.15) is 38.3 Å². The molecule has 0 aliphatic carbocycles. The standard InChI is InChI=1S/C13H18O4/c1-4-12(14)16-9-10-6-5-7-11(8-10)13(2,3)17-15/h5-8,15H,4,9H2,1-3H3. The van der Waals surface area contributed by atoms with Gasteiger partial charge in [-0.25, -0.2) is 4.89 Å². The summed E-state index contributed by atoms with van der Waals surface area (Å²) in [5.41, 5.74) is 0.921. The van der Waals surface area contributed by atoms with Crippen LogP contribution in [0.15, 0.2) is 24.3 Å². The highest BCUT2D eigenvalue weighted by Gasteiger charge is 2.21. The second-order valence-corrected chi connectivity index (χ2v) is 4.32. The maximum Gasteiger partial charge on any atom is 0.305 e. The summed E-state index contributed by atoms with van der Waals surface area (Å²) in [4.78, 5) is 15.5. The van der Waals surface area contributed by atoms with Crippen molar-refractivity contribution in [2.75, 3.05) is 0 Å². The van der Waals surface area contributed by atoms with Crippen LogP contribution in [-0.4, -0.2) is 11.2 Å². The van der Waals surface area contributed by atoms with Crippen LogP contribution in [0.5, 0.6) is 0 Å². The van der Waals surface area contributed by atoms with Crippen molar-refractivity contribution < 1.29 is 19.7 Å². The number of carbonyl (C=O) groups excluding carboxylic acids is 1. The van der Waals surface area contributed by atoms with Gasteiger partial charge in [0, 0.05) is 6.42 Å². The summed E-state index contributed by atoms with van der Waals surface area (Å²) < 4.78 is 5.04. The molecule has 1 aromatic rings. The molecule has 4 heteroatoms. The predicted octanol–water partition coefficient (Wildman–Crippen LogP) is 2.86. The van der Waals surface area contributed by atoms with Crippen LogP contribution in [0.3, 0.4) is 0 Å². The third kappa shape index (κ3) is 3.84. The van der Waals surface area contributed by atoms with E-state index in [0.717, 1.165) is 11.1 Å². The summed E-state index contributed by atoms with van der Waals surface area (Å²) in [5.74, 6) is -0.229. The minimum atomic E-state index is -0.773. The van der Waals surface area contributed by atoms with E-state index in [0.29, 0.717) is 6.42 Å². The van der Waals surface area contributed by atoms with Crippen LogP contribution in [0.2, 0.25) is 0 Å². The van der Waals surface area contributed by atoms with Gasteiger partial charge in [0.2, 0.25) is 0 Å². The van der Waals surface area contributed by atoms with E-state index in [2.05, 4.69) is 4.89 Å². The SMILES string of the molecule is CCC(=O)OCc1cccc(C(C)(C)OO)c1. The first kappa shape index (κ1) is 13.7. The Morgan fingerprint density at radius 1 is 1.41 bits per heavy atom. The molecule has 0 aliphatic rings. The Morgan fingerprint density at radius 3 is 2.71 bits per heavy atom. The monoisotopic (exact) mass is 238 g/mol. The molecule has 0 aliphatic heterocycles. The molecular formula is C13H18O4. The van der Waals surface area contributed by atoms with Gasteiger partial charge in [0.1, 0.15) is 12.2 Å². The molecule has 0 atom stereocenters. The zero-order chi connectivity index (χ0) is 12.9. The fraction of sp³-hybridized carbons (Fsp3) is 0.462. The second kappa shape index (κ2) is 5.80. The molecular weight excluding hydrogens is 220 g/mol. The maximum absolute atomic E-state index is 11.0. The van der Waals surface area contributed by atoms with Gasteiger partial charge in [-0.15, -0.1) is 0 Å². The predicted molar refractivity (Wildman–Crippen MR) is 63.3 cm³/mol. The molecule has 1 N–H and O–H groups in total. The topological polar surface area (TPSA) is 55.8 Å². The Balaban J connectivity index is 2.76. The van der Waals surface area contributed by atoms with Gasteiger partial charge in [-0.05, 0) is 31.0 Å². The van der Waals surface area contributed by atoms with E-state index in [1.165, 1.54) is 0 Å². The highest BCUT2D eigenvalue weighted by atomic mass is 17.1. The summed E-state index contributed by atoms with van der Waals surface area (Å²) in [6.07, 6.45) is 0.366. The first-order valence-electron chi connectivity index (χ1n) is 5.57. The van der Waals surface area contributed by atoms with E-state index < -0.39 is 5.60 Å². The van der Waals surface area contributed by atoms with Crippen molar-refractivity contribution in [3.63, 3.8) is 0 Å². The van der Waals surface area contributed by atoms with Crippen molar-refractivity contribution in [2.24, 2.45) is 0 Å². The van der Waals surface area contributed by atoms with Gasteiger partial charge in [-0.3, -0.25) is 10.1 Å². The lowest BCUT2D eigenvalue weighted by atomic mass is 9.97. The molecule has 17 heavy (non-hydrogen) atoms. The summed E-state index contributed by atoms with van der Waals surface area (Å²) in [7, 11) is 0. The highest BCUT2D eigenvalue weighted by molar-refractivity contribution is 5.68. The van der Waals surface area contributed by atoms with Crippen LogP contribution in [0, 0.1) is 0 Å². The Morgan fingerprint density at radius 2 is 2.12 bits per heavy atom. The summed E-state index contributed by atoms with van der Waals surface area (Å²) >= 11 is 0. The van der Waals surface area contributed by atoms with E-state index >= 15 is 0 Å². The van der Waals surface area contributed by atoms with Crippen LogP contribution in [-0.2, 0) is 26.6 Å². The third-order valence-electron chi connectivity index (χ3n) is 2.54. The minimum absolute atomic E-state index is 0.229. The first-order valence-corrected chi connectivity index (χ1v) is 5.57. The van der Waals surface area contributed by atoms with Crippen molar-refractivity contribution in [3.8, 4) is 0 Å². The summed E-state index contributed by atoms with van der Waals surface area (Å²) in [6.45, 7) is 5.50. The van der Waals surface area contributed by atoms with Crippen LogP contribution in [0.25, 0.3) is 0 Å². The minimum Gasteiger partial charge on any atom is -0.461 e. The van der Waals surface area contributed by atoms with Gasteiger partial charge in [0.05, 0.1) is 0 Å². The molecule has 0 amide bonds. The summed E-state index contributed by atoms with van der Waals surface area (Å²) in [5, 5.41) is 8.81. The maximum atomic E-state index is 11.0. The van der Waals surface area contributed by atoms with Gasteiger partial charge >= 0.3 is 5.97 Å². The largest absolute Gasteiger partial charge is 0.461 e. The first-order chi connectivity index (χ1) is 7.99. The fourth-order valence-electron chi connectivity index (χ4n) is 1.35. The Kier molecular flexibility index (Phi) is 4.66. The lowest BCUT2D eigenvalue weighted by Gasteiger charge is -2.21. The van der Waals surface area contributed by atoms with E-state index in [-0.39, 0.29) is 12.6 Å². The Labute approximate surface area is 101 Å². The normalized spacial score (nSPS) is 11.3. The Hall–Kier alpha value is -1.39. The average molecular weight is 238 g/mol. The van der Waals surface area contributed by atoms with Gasteiger partial charge in [0.15, 0.2) is 0 Å². The van der Waals surface area contributed by atoms with Gasteiger partial charge < -0.3 is 4.74 Å². The molecule has 0 spiro atoms. The number of carbonyl (C=O) groups is 1. The molecule has 94 valence electrons. The Bertz CT molecular complexity index is 385. The molecule has 0 radical (unpaired) electrons. The number of hydrogen-bond acceptors (Lipinski definition) is 4. The quantitative estimate of drug-likeness (QED) is 0.487. The van der Waals surface area contributed by atoms with Crippen LogP contribution in [0.4, 0.5) is 0 Å². The second-order valence-electron chi connectivity index (χ2n) is 4.32. The molecule has 0 bridgehead atoms. The zero-order valence-electron chi connectivity index (χ0n) is 10.4. The van der Waals surface area contributed by atoms with Crippen molar-refractivity contribution in [1.29, 1.82) is 0 Å². The summed E-state index contributed by atoms with van der Waals surface area (Å²) in [6, 6.07) is 7.39. The number of rotatable bonds is 5. The van der Waals surface area contributed by atoms with Gasteiger partial charge in [-0.2, -0.15) is 0 Å². The smallest absolute Gasteiger partial charge is 0.305 e. The lowest BCUT2D eigenvalue weighted by molar-refractivity contribution is -0.318. The number of ether oxygens (including phenoxy) is 1.